The molecule has 1 unspecified atom stereocenters. The van der Waals surface area contributed by atoms with Crippen LogP contribution in [0.5, 0.6) is 0 Å². The first-order valence-electron chi connectivity index (χ1n) is 6.85. The number of hydrogen-bond donors (Lipinski definition) is 2. The Kier molecular flexibility index (Phi) is 13.6. The van der Waals surface area contributed by atoms with E-state index in [-0.39, 0.29) is 52.9 Å². The van der Waals surface area contributed by atoms with Crippen molar-refractivity contribution in [2.45, 2.75) is 59.3 Å². The van der Waals surface area contributed by atoms with E-state index in [1.807, 2.05) is 13.8 Å². The Balaban J connectivity index is -0.000000482. The van der Waals surface area contributed by atoms with E-state index in [0.29, 0.717) is 5.92 Å². The summed E-state index contributed by atoms with van der Waals surface area (Å²) in [5.74, 6) is -3.20. The summed E-state index contributed by atoms with van der Waals surface area (Å²) in [7, 11) is 0. The molecule has 0 spiro atoms. The van der Waals surface area contributed by atoms with Gasteiger partial charge in [0, 0.05) is 0 Å². The summed E-state index contributed by atoms with van der Waals surface area (Å²) in [5.41, 5.74) is 0. The van der Waals surface area contributed by atoms with Crippen LogP contribution in [0.2, 0.25) is 0 Å². The normalized spacial score (nSPS) is 12.3. The fourth-order valence-corrected chi connectivity index (χ4v) is 2.17. The molecule has 0 saturated carbocycles. The molecule has 0 fully saturated rings. The van der Waals surface area contributed by atoms with Crippen LogP contribution in [0.3, 0.4) is 0 Å². The van der Waals surface area contributed by atoms with Crippen molar-refractivity contribution in [1.82, 2.24) is 0 Å². The van der Waals surface area contributed by atoms with Crippen molar-refractivity contribution in [1.29, 1.82) is 0 Å². The zero-order valence-electron chi connectivity index (χ0n) is 14.4. The summed E-state index contributed by atoms with van der Waals surface area (Å²) >= 11 is 0. The minimum atomic E-state index is -1.26. The maximum Gasteiger partial charge on any atom is 2.00 e. The van der Waals surface area contributed by atoms with Crippen molar-refractivity contribution >= 4 is 49.7 Å². The number of carbonyl (C=O) groups is 2. The molecular weight excluding hydrogens is 272 g/mol. The van der Waals surface area contributed by atoms with Gasteiger partial charge < -0.3 is 13.1 Å². The number of carboxylic acids is 2. The van der Waals surface area contributed by atoms with Crippen LogP contribution in [0, 0.1) is 17.8 Å². The molecule has 1 atom stereocenters. The first-order valence-corrected chi connectivity index (χ1v) is 6.85. The SMILES string of the molecule is CCCCCCC(CC(C(=O)O)C(=O)O)C(C)C.[Ca+2].[H-].[H-]. The number of unbranched alkanes of at least 4 members (excludes halogenated alkanes) is 3. The second-order valence-corrected chi connectivity index (χ2v) is 5.32. The summed E-state index contributed by atoms with van der Waals surface area (Å²) in [4.78, 5) is 21.8. The Bertz CT molecular complexity index is 262. The van der Waals surface area contributed by atoms with E-state index < -0.39 is 17.9 Å². The van der Waals surface area contributed by atoms with Gasteiger partial charge in [-0.3, -0.25) is 9.59 Å². The van der Waals surface area contributed by atoms with Crippen molar-refractivity contribution in [3.63, 3.8) is 0 Å². The van der Waals surface area contributed by atoms with E-state index in [2.05, 4.69) is 6.92 Å². The van der Waals surface area contributed by atoms with Crippen molar-refractivity contribution in [2.75, 3.05) is 0 Å². The van der Waals surface area contributed by atoms with Gasteiger partial charge in [0.2, 0.25) is 0 Å². The maximum absolute atomic E-state index is 10.9. The molecular formula is C14H28CaO4. The Labute approximate surface area is 148 Å². The molecule has 4 nitrogen and oxygen atoms in total. The third kappa shape index (κ3) is 9.69. The average molecular weight is 300 g/mol. The van der Waals surface area contributed by atoms with Gasteiger partial charge >= 0.3 is 49.7 Å². The number of rotatable bonds is 10. The molecule has 110 valence electrons. The average Bonchev–Trinajstić information content (AvgIpc) is 2.26. The van der Waals surface area contributed by atoms with Crippen LogP contribution in [0.25, 0.3) is 0 Å². The van der Waals surface area contributed by atoms with Crippen molar-refractivity contribution in [3.05, 3.63) is 0 Å². The number of carboxylic acid groups (broad SMARTS) is 2. The van der Waals surface area contributed by atoms with Gasteiger partial charge in [0.25, 0.3) is 0 Å². The first-order chi connectivity index (χ1) is 8.40. The van der Waals surface area contributed by atoms with Gasteiger partial charge in [-0.15, -0.1) is 0 Å². The van der Waals surface area contributed by atoms with Crippen LogP contribution in [0.4, 0.5) is 0 Å². The summed E-state index contributed by atoms with van der Waals surface area (Å²) in [6.45, 7) is 6.21. The van der Waals surface area contributed by atoms with E-state index in [9.17, 15) is 9.59 Å². The van der Waals surface area contributed by atoms with E-state index in [0.717, 1.165) is 19.3 Å². The van der Waals surface area contributed by atoms with Crippen LogP contribution >= 0.6 is 0 Å². The van der Waals surface area contributed by atoms with E-state index in [1.165, 1.54) is 12.8 Å². The van der Waals surface area contributed by atoms with Gasteiger partial charge in [-0.2, -0.15) is 0 Å². The van der Waals surface area contributed by atoms with Gasteiger partial charge in [0.1, 0.15) is 0 Å². The molecule has 0 aromatic heterocycles. The Morgan fingerprint density at radius 1 is 1.05 bits per heavy atom. The maximum atomic E-state index is 10.9. The molecule has 0 bridgehead atoms. The van der Waals surface area contributed by atoms with Crippen molar-refractivity contribution < 1.29 is 22.7 Å². The van der Waals surface area contributed by atoms with Crippen LogP contribution in [-0.2, 0) is 9.59 Å². The standard InChI is InChI=1S/C14H26O4.Ca.2H/c1-4-5-6-7-8-11(10(2)3)9-12(13(15)16)14(17)18;;;/h10-12H,4-9H2,1-3H3,(H,15,16)(H,17,18);;;/q;+2;2*-1. The molecule has 0 rings (SSSR count). The molecule has 0 saturated heterocycles. The van der Waals surface area contributed by atoms with Gasteiger partial charge in [0.05, 0.1) is 0 Å². The smallest absolute Gasteiger partial charge is 1.00 e. The Morgan fingerprint density at radius 3 is 1.95 bits per heavy atom. The zero-order valence-corrected chi connectivity index (χ0v) is 14.6. The fraction of sp³-hybridized carbons (Fsp3) is 0.857. The molecule has 19 heavy (non-hydrogen) atoms. The molecule has 0 heterocycles. The third-order valence-corrected chi connectivity index (χ3v) is 3.51. The molecule has 2 N–H and O–H groups in total. The largest absolute Gasteiger partial charge is 2.00 e. The topological polar surface area (TPSA) is 74.6 Å². The van der Waals surface area contributed by atoms with Gasteiger partial charge in [-0.25, -0.2) is 0 Å². The van der Waals surface area contributed by atoms with Gasteiger partial charge in [-0.1, -0.05) is 52.9 Å². The Hall–Kier alpha value is 0.200. The summed E-state index contributed by atoms with van der Waals surface area (Å²) in [5, 5.41) is 17.8. The predicted octanol–water partition coefficient (Wildman–Crippen LogP) is 3.25. The number of hydrogen-bond acceptors (Lipinski definition) is 2. The van der Waals surface area contributed by atoms with E-state index in [4.69, 9.17) is 10.2 Å². The Morgan fingerprint density at radius 2 is 1.58 bits per heavy atom. The van der Waals surface area contributed by atoms with E-state index >= 15 is 0 Å². The minimum absolute atomic E-state index is 0. The summed E-state index contributed by atoms with van der Waals surface area (Å²) < 4.78 is 0. The fourth-order valence-electron chi connectivity index (χ4n) is 2.17. The summed E-state index contributed by atoms with van der Waals surface area (Å²) in [6, 6.07) is 0. The molecule has 0 aliphatic carbocycles. The van der Waals surface area contributed by atoms with Gasteiger partial charge in [0.15, 0.2) is 5.92 Å². The van der Waals surface area contributed by atoms with Gasteiger partial charge in [-0.05, 0) is 18.3 Å². The first kappa shape index (κ1) is 21.5. The van der Waals surface area contributed by atoms with Crippen LogP contribution in [0.1, 0.15) is 62.1 Å². The third-order valence-electron chi connectivity index (χ3n) is 3.51. The summed E-state index contributed by atoms with van der Waals surface area (Å²) in [6.07, 6.45) is 5.72. The molecule has 0 aromatic rings. The molecule has 0 aromatic carbocycles. The molecule has 0 radical (unpaired) electrons. The predicted molar refractivity (Wildman–Crippen MR) is 78.4 cm³/mol. The minimum Gasteiger partial charge on any atom is -1.00 e. The van der Waals surface area contributed by atoms with Crippen LogP contribution in [0.15, 0.2) is 0 Å². The second kappa shape index (κ2) is 12.0. The number of aliphatic carboxylic acids is 2. The molecule has 5 heteroatoms. The van der Waals surface area contributed by atoms with Crippen molar-refractivity contribution in [3.8, 4) is 0 Å². The van der Waals surface area contributed by atoms with Crippen LogP contribution in [-0.4, -0.2) is 59.9 Å². The monoisotopic (exact) mass is 300 g/mol. The van der Waals surface area contributed by atoms with Crippen LogP contribution < -0.4 is 0 Å². The molecule has 0 amide bonds. The molecule has 0 aliphatic rings. The van der Waals surface area contributed by atoms with Crippen molar-refractivity contribution in [2.24, 2.45) is 17.8 Å². The zero-order chi connectivity index (χ0) is 14.1. The van der Waals surface area contributed by atoms with E-state index in [1.54, 1.807) is 0 Å². The molecule has 0 aliphatic heterocycles. The second-order valence-electron chi connectivity index (χ2n) is 5.32. The quantitative estimate of drug-likeness (QED) is 0.369.